The van der Waals surface area contributed by atoms with Crippen LogP contribution in [0.25, 0.3) is 0 Å². The molecule has 1 N–H and O–H groups in total. The highest BCUT2D eigenvalue weighted by atomic mass is 16.5. The molecule has 2 rings (SSSR count). The van der Waals surface area contributed by atoms with Gasteiger partial charge in [0.1, 0.15) is 0 Å². The van der Waals surface area contributed by atoms with E-state index < -0.39 is 0 Å². The van der Waals surface area contributed by atoms with Gasteiger partial charge in [0, 0.05) is 13.2 Å². The Morgan fingerprint density at radius 3 is 3.06 bits per heavy atom. The summed E-state index contributed by atoms with van der Waals surface area (Å²) in [5.74, 6) is 0.287. The van der Waals surface area contributed by atoms with E-state index >= 15 is 0 Å². The first-order chi connectivity index (χ1) is 7.83. The lowest BCUT2D eigenvalue weighted by Gasteiger charge is -2.36. The van der Waals surface area contributed by atoms with Gasteiger partial charge in [-0.2, -0.15) is 0 Å². The Hall–Kier alpha value is -0.610. The van der Waals surface area contributed by atoms with E-state index in [0.29, 0.717) is 6.04 Å². The van der Waals surface area contributed by atoms with Crippen LogP contribution in [0, 0.1) is 0 Å². The molecule has 1 amide bonds. The van der Waals surface area contributed by atoms with Gasteiger partial charge in [-0.3, -0.25) is 4.79 Å². The van der Waals surface area contributed by atoms with Gasteiger partial charge in [-0.1, -0.05) is 6.92 Å². The minimum atomic E-state index is 0.0503. The molecule has 16 heavy (non-hydrogen) atoms. The van der Waals surface area contributed by atoms with Crippen LogP contribution in [0.4, 0.5) is 0 Å². The van der Waals surface area contributed by atoms with Crippen molar-refractivity contribution in [1.29, 1.82) is 0 Å². The van der Waals surface area contributed by atoms with E-state index in [2.05, 4.69) is 12.2 Å². The molecule has 0 aromatic carbocycles. The largest absolute Gasteiger partial charge is 0.379 e. The summed E-state index contributed by atoms with van der Waals surface area (Å²) >= 11 is 0. The molecule has 4 nitrogen and oxygen atoms in total. The van der Waals surface area contributed by atoms with Crippen LogP contribution in [0.2, 0.25) is 0 Å². The standard InChI is InChI=1S/C12H22N2O2/c1-2-6-13-11-4-3-7-14(12(11)15)10-5-8-16-9-10/h10-11,13H,2-9H2,1H3. The Morgan fingerprint density at radius 1 is 1.50 bits per heavy atom. The second-order valence-corrected chi connectivity index (χ2v) is 4.70. The van der Waals surface area contributed by atoms with Gasteiger partial charge in [0.25, 0.3) is 0 Å². The summed E-state index contributed by atoms with van der Waals surface area (Å²) in [7, 11) is 0. The molecule has 2 aliphatic heterocycles. The average molecular weight is 226 g/mol. The van der Waals surface area contributed by atoms with Gasteiger partial charge in [0.2, 0.25) is 5.91 Å². The average Bonchev–Trinajstić information content (AvgIpc) is 2.81. The number of rotatable bonds is 4. The molecule has 0 aromatic rings. The number of likely N-dealkylation sites (tertiary alicyclic amines) is 1. The van der Waals surface area contributed by atoms with Crippen LogP contribution in [0.15, 0.2) is 0 Å². The van der Waals surface area contributed by atoms with Gasteiger partial charge in [-0.15, -0.1) is 0 Å². The maximum atomic E-state index is 12.2. The first-order valence-corrected chi connectivity index (χ1v) is 6.44. The third-order valence-electron chi connectivity index (χ3n) is 3.46. The number of nitrogens with one attached hydrogen (secondary N) is 1. The highest BCUT2D eigenvalue weighted by Gasteiger charge is 2.34. The van der Waals surface area contributed by atoms with Crippen molar-refractivity contribution in [3.8, 4) is 0 Å². The number of ether oxygens (including phenoxy) is 1. The van der Waals surface area contributed by atoms with Gasteiger partial charge in [-0.25, -0.2) is 0 Å². The molecule has 0 aromatic heterocycles. The molecule has 4 heteroatoms. The zero-order chi connectivity index (χ0) is 11.4. The number of hydrogen-bond acceptors (Lipinski definition) is 3. The zero-order valence-electron chi connectivity index (χ0n) is 10.1. The molecule has 0 aliphatic carbocycles. The minimum absolute atomic E-state index is 0.0503. The Labute approximate surface area is 97.3 Å². The van der Waals surface area contributed by atoms with E-state index in [0.717, 1.165) is 52.0 Å². The van der Waals surface area contributed by atoms with Crippen LogP contribution in [-0.4, -0.2) is 49.2 Å². The maximum absolute atomic E-state index is 12.2. The Kier molecular flexibility index (Phi) is 4.18. The highest BCUT2D eigenvalue weighted by Crippen LogP contribution is 2.19. The van der Waals surface area contributed by atoms with Crippen molar-refractivity contribution < 1.29 is 9.53 Å². The first-order valence-electron chi connectivity index (χ1n) is 6.44. The number of nitrogens with zero attached hydrogens (tertiary/aromatic N) is 1. The molecular weight excluding hydrogens is 204 g/mol. The van der Waals surface area contributed by atoms with Crippen molar-refractivity contribution in [1.82, 2.24) is 10.2 Å². The lowest BCUT2D eigenvalue weighted by atomic mass is 10.0. The summed E-state index contributed by atoms with van der Waals surface area (Å²) in [5, 5.41) is 3.34. The van der Waals surface area contributed by atoms with Crippen molar-refractivity contribution >= 4 is 5.91 Å². The third kappa shape index (κ3) is 2.55. The summed E-state index contributed by atoms with van der Waals surface area (Å²) in [6.07, 6.45) is 4.19. The summed E-state index contributed by atoms with van der Waals surface area (Å²) in [6, 6.07) is 0.382. The minimum Gasteiger partial charge on any atom is -0.379 e. The molecule has 2 unspecified atom stereocenters. The van der Waals surface area contributed by atoms with Crippen molar-refractivity contribution in [3.05, 3.63) is 0 Å². The fraction of sp³-hybridized carbons (Fsp3) is 0.917. The Bertz CT molecular complexity index is 239. The molecule has 2 saturated heterocycles. The monoisotopic (exact) mass is 226 g/mol. The van der Waals surface area contributed by atoms with E-state index in [1.165, 1.54) is 0 Å². The first kappa shape index (κ1) is 11.9. The van der Waals surface area contributed by atoms with E-state index in [-0.39, 0.29) is 11.9 Å². The SMILES string of the molecule is CCCNC1CCCN(C2CCOC2)C1=O. The lowest BCUT2D eigenvalue weighted by Crippen LogP contribution is -2.54. The number of hydrogen-bond donors (Lipinski definition) is 1. The second kappa shape index (κ2) is 5.64. The molecule has 0 bridgehead atoms. The van der Waals surface area contributed by atoms with Crippen molar-refractivity contribution in [2.45, 2.75) is 44.7 Å². The van der Waals surface area contributed by atoms with Crippen molar-refractivity contribution in [3.63, 3.8) is 0 Å². The van der Waals surface area contributed by atoms with Gasteiger partial charge in [-0.05, 0) is 32.2 Å². The molecule has 0 spiro atoms. The quantitative estimate of drug-likeness (QED) is 0.769. The fourth-order valence-electron chi connectivity index (χ4n) is 2.54. The third-order valence-corrected chi connectivity index (χ3v) is 3.46. The van der Waals surface area contributed by atoms with E-state index in [4.69, 9.17) is 4.74 Å². The summed E-state index contributed by atoms with van der Waals surface area (Å²) in [5.41, 5.74) is 0. The fourth-order valence-corrected chi connectivity index (χ4v) is 2.54. The molecule has 0 saturated carbocycles. The highest BCUT2D eigenvalue weighted by molar-refractivity contribution is 5.83. The molecule has 2 aliphatic rings. The van der Waals surface area contributed by atoms with Crippen LogP contribution in [0.1, 0.15) is 32.6 Å². The molecule has 92 valence electrons. The number of carbonyl (C=O) groups is 1. The van der Waals surface area contributed by atoms with Crippen LogP contribution in [0.5, 0.6) is 0 Å². The van der Waals surface area contributed by atoms with Gasteiger partial charge >= 0.3 is 0 Å². The van der Waals surface area contributed by atoms with Crippen LogP contribution in [0.3, 0.4) is 0 Å². The molecule has 2 fully saturated rings. The molecule has 0 radical (unpaired) electrons. The normalized spacial score (nSPS) is 31.1. The summed E-state index contributed by atoms with van der Waals surface area (Å²) in [6.45, 7) is 5.51. The number of piperidine rings is 1. The smallest absolute Gasteiger partial charge is 0.240 e. The predicted octanol–water partition coefficient (Wildman–Crippen LogP) is 0.766. The van der Waals surface area contributed by atoms with E-state index in [1.54, 1.807) is 0 Å². The summed E-state index contributed by atoms with van der Waals surface area (Å²) in [4.78, 5) is 14.3. The van der Waals surface area contributed by atoms with E-state index in [9.17, 15) is 4.79 Å². The van der Waals surface area contributed by atoms with Crippen LogP contribution < -0.4 is 5.32 Å². The predicted molar refractivity (Wildman–Crippen MR) is 62.3 cm³/mol. The van der Waals surface area contributed by atoms with Crippen LogP contribution >= 0.6 is 0 Å². The number of amides is 1. The van der Waals surface area contributed by atoms with Crippen LogP contribution in [-0.2, 0) is 9.53 Å². The van der Waals surface area contributed by atoms with Gasteiger partial charge in [0.15, 0.2) is 0 Å². The maximum Gasteiger partial charge on any atom is 0.240 e. The van der Waals surface area contributed by atoms with E-state index in [1.807, 2.05) is 4.90 Å². The summed E-state index contributed by atoms with van der Waals surface area (Å²) < 4.78 is 5.36. The Balaban J connectivity index is 1.90. The second-order valence-electron chi connectivity index (χ2n) is 4.70. The van der Waals surface area contributed by atoms with Crippen molar-refractivity contribution in [2.24, 2.45) is 0 Å². The molecule has 2 heterocycles. The number of carbonyl (C=O) groups excluding carboxylic acids is 1. The molecular formula is C12H22N2O2. The topological polar surface area (TPSA) is 41.6 Å². The van der Waals surface area contributed by atoms with Gasteiger partial charge < -0.3 is 15.0 Å². The van der Waals surface area contributed by atoms with Gasteiger partial charge in [0.05, 0.1) is 18.7 Å². The molecule has 2 atom stereocenters. The Morgan fingerprint density at radius 2 is 2.38 bits per heavy atom. The van der Waals surface area contributed by atoms with Crippen molar-refractivity contribution in [2.75, 3.05) is 26.3 Å². The lowest BCUT2D eigenvalue weighted by molar-refractivity contribution is -0.138. The zero-order valence-corrected chi connectivity index (χ0v) is 10.1.